The van der Waals surface area contributed by atoms with Gasteiger partial charge in [-0.25, -0.2) is 0 Å². The first kappa shape index (κ1) is 13.1. The lowest BCUT2D eigenvalue weighted by Crippen LogP contribution is -2.40. The summed E-state index contributed by atoms with van der Waals surface area (Å²) < 4.78 is 0. The number of nitrogens with one attached hydrogen (secondary N) is 2. The molecule has 0 saturated heterocycles. The Morgan fingerprint density at radius 2 is 2.33 bits per heavy atom. The minimum Gasteiger partial charge on any atom is -0.330 e. The van der Waals surface area contributed by atoms with Crippen molar-refractivity contribution in [3.05, 3.63) is 11.8 Å². The van der Waals surface area contributed by atoms with Gasteiger partial charge >= 0.3 is 0 Å². The standard InChI is InChI=1S/C13H22N4O/c1-9(2)10-6-11(17-16-10)15-12(18)7-13(8-14)4-3-5-13/h6,9H,3-5,7-8,14H2,1-2H3,(H2,15,16,17,18). The van der Waals surface area contributed by atoms with Gasteiger partial charge in [-0.1, -0.05) is 20.3 Å². The second kappa shape index (κ2) is 5.10. The van der Waals surface area contributed by atoms with E-state index in [1.54, 1.807) is 0 Å². The number of hydrogen-bond donors (Lipinski definition) is 3. The van der Waals surface area contributed by atoms with Crippen molar-refractivity contribution in [2.45, 2.75) is 45.4 Å². The fraction of sp³-hybridized carbons (Fsp3) is 0.692. The minimum absolute atomic E-state index is 0.0157. The van der Waals surface area contributed by atoms with Crippen molar-refractivity contribution in [1.29, 1.82) is 0 Å². The van der Waals surface area contributed by atoms with Crippen LogP contribution in [0.2, 0.25) is 0 Å². The van der Waals surface area contributed by atoms with Crippen molar-refractivity contribution in [3.63, 3.8) is 0 Å². The van der Waals surface area contributed by atoms with Gasteiger partial charge in [0, 0.05) is 18.2 Å². The molecule has 1 saturated carbocycles. The number of hydrogen-bond acceptors (Lipinski definition) is 3. The average Bonchev–Trinajstić information content (AvgIpc) is 2.72. The molecule has 0 aromatic carbocycles. The molecule has 2 rings (SSSR count). The zero-order chi connectivity index (χ0) is 13.2. The van der Waals surface area contributed by atoms with Crippen LogP contribution in [0.1, 0.15) is 51.1 Å². The Kier molecular flexibility index (Phi) is 3.71. The topological polar surface area (TPSA) is 83.8 Å². The molecule has 1 aliphatic rings. The molecule has 5 heteroatoms. The molecule has 1 aromatic heterocycles. The van der Waals surface area contributed by atoms with E-state index in [4.69, 9.17) is 5.73 Å². The van der Waals surface area contributed by atoms with E-state index in [1.165, 1.54) is 6.42 Å². The number of H-pyrrole nitrogens is 1. The van der Waals surface area contributed by atoms with E-state index in [-0.39, 0.29) is 11.3 Å². The Hall–Kier alpha value is -1.36. The Labute approximate surface area is 108 Å². The molecule has 0 aliphatic heterocycles. The molecule has 5 nitrogen and oxygen atoms in total. The highest BCUT2D eigenvalue weighted by Gasteiger charge is 2.37. The molecule has 0 atom stereocenters. The largest absolute Gasteiger partial charge is 0.330 e. The fourth-order valence-corrected chi connectivity index (χ4v) is 2.35. The van der Waals surface area contributed by atoms with Crippen LogP contribution in [0.3, 0.4) is 0 Å². The molecule has 18 heavy (non-hydrogen) atoms. The maximum absolute atomic E-state index is 11.9. The summed E-state index contributed by atoms with van der Waals surface area (Å²) in [6, 6.07) is 1.89. The van der Waals surface area contributed by atoms with Gasteiger partial charge in [-0.3, -0.25) is 9.89 Å². The number of nitrogens with two attached hydrogens (primary N) is 1. The monoisotopic (exact) mass is 250 g/mol. The van der Waals surface area contributed by atoms with Gasteiger partial charge in [-0.2, -0.15) is 5.10 Å². The molecular weight excluding hydrogens is 228 g/mol. The summed E-state index contributed by atoms with van der Waals surface area (Å²) in [4.78, 5) is 11.9. The smallest absolute Gasteiger partial charge is 0.226 e. The summed E-state index contributed by atoms with van der Waals surface area (Å²) in [6.45, 7) is 4.76. The number of carbonyl (C=O) groups is 1. The Morgan fingerprint density at radius 1 is 1.61 bits per heavy atom. The Morgan fingerprint density at radius 3 is 2.78 bits per heavy atom. The van der Waals surface area contributed by atoms with Crippen molar-refractivity contribution in [2.75, 3.05) is 11.9 Å². The highest BCUT2D eigenvalue weighted by Crippen LogP contribution is 2.42. The summed E-state index contributed by atoms with van der Waals surface area (Å²) >= 11 is 0. The van der Waals surface area contributed by atoms with E-state index < -0.39 is 0 Å². The predicted molar refractivity (Wildman–Crippen MR) is 71.3 cm³/mol. The van der Waals surface area contributed by atoms with E-state index >= 15 is 0 Å². The van der Waals surface area contributed by atoms with Gasteiger partial charge in [-0.15, -0.1) is 0 Å². The third-order valence-corrected chi connectivity index (χ3v) is 3.87. The van der Waals surface area contributed by atoms with Crippen LogP contribution in [-0.2, 0) is 4.79 Å². The van der Waals surface area contributed by atoms with Crippen LogP contribution in [0, 0.1) is 5.41 Å². The molecule has 4 N–H and O–H groups in total. The molecule has 1 amide bonds. The third kappa shape index (κ3) is 2.72. The first-order chi connectivity index (χ1) is 8.54. The highest BCUT2D eigenvalue weighted by atomic mass is 16.1. The van der Waals surface area contributed by atoms with Gasteiger partial charge in [-0.05, 0) is 30.7 Å². The van der Waals surface area contributed by atoms with Gasteiger partial charge in [0.05, 0.1) is 0 Å². The van der Waals surface area contributed by atoms with E-state index in [2.05, 4.69) is 29.4 Å². The van der Waals surface area contributed by atoms with Gasteiger partial charge < -0.3 is 11.1 Å². The van der Waals surface area contributed by atoms with Crippen LogP contribution in [0.25, 0.3) is 0 Å². The number of anilines is 1. The van der Waals surface area contributed by atoms with Crippen LogP contribution >= 0.6 is 0 Å². The van der Waals surface area contributed by atoms with Crippen LogP contribution < -0.4 is 11.1 Å². The van der Waals surface area contributed by atoms with Crippen LogP contribution in [0.5, 0.6) is 0 Å². The molecule has 0 spiro atoms. The van der Waals surface area contributed by atoms with Crippen LogP contribution in [-0.4, -0.2) is 22.6 Å². The second-order valence-electron chi connectivity index (χ2n) is 5.65. The predicted octanol–water partition coefficient (Wildman–Crippen LogP) is 1.99. The summed E-state index contributed by atoms with van der Waals surface area (Å²) in [5.74, 6) is 1.00. The Balaban J connectivity index is 1.90. The van der Waals surface area contributed by atoms with Crippen molar-refractivity contribution < 1.29 is 4.79 Å². The van der Waals surface area contributed by atoms with Gasteiger partial charge in [0.2, 0.25) is 5.91 Å². The number of aromatic nitrogens is 2. The van der Waals surface area contributed by atoms with Crippen molar-refractivity contribution in [1.82, 2.24) is 10.2 Å². The van der Waals surface area contributed by atoms with Crippen molar-refractivity contribution >= 4 is 11.7 Å². The van der Waals surface area contributed by atoms with E-state index in [9.17, 15) is 4.79 Å². The van der Waals surface area contributed by atoms with Gasteiger partial charge in [0.1, 0.15) is 0 Å². The van der Waals surface area contributed by atoms with Crippen LogP contribution in [0.15, 0.2) is 6.07 Å². The quantitative estimate of drug-likeness (QED) is 0.747. The molecule has 0 bridgehead atoms. The first-order valence-electron chi connectivity index (χ1n) is 6.60. The first-order valence-corrected chi connectivity index (χ1v) is 6.60. The summed E-state index contributed by atoms with van der Waals surface area (Å²) in [5, 5.41) is 9.85. The average molecular weight is 250 g/mol. The molecule has 0 unspecified atom stereocenters. The SMILES string of the molecule is CC(C)c1cc(NC(=O)CC2(CN)CCC2)n[nH]1. The molecule has 1 fully saturated rings. The zero-order valence-electron chi connectivity index (χ0n) is 11.1. The number of carbonyl (C=O) groups excluding carboxylic acids is 1. The Bertz CT molecular complexity index is 415. The number of rotatable bonds is 5. The molecule has 1 aliphatic carbocycles. The van der Waals surface area contributed by atoms with Crippen molar-refractivity contribution in [3.8, 4) is 0 Å². The molecule has 100 valence electrons. The normalized spacial score (nSPS) is 17.6. The number of nitrogens with zero attached hydrogens (tertiary/aromatic N) is 1. The zero-order valence-corrected chi connectivity index (χ0v) is 11.1. The summed E-state index contributed by atoms with van der Waals surface area (Å²) in [7, 11) is 0. The molecule has 1 heterocycles. The highest BCUT2D eigenvalue weighted by molar-refractivity contribution is 5.90. The lowest BCUT2D eigenvalue weighted by molar-refractivity contribution is -0.119. The second-order valence-corrected chi connectivity index (χ2v) is 5.65. The minimum atomic E-state index is 0.0157. The van der Waals surface area contributed by atoms with Gasteiger partial charge in [0.25, 0.3) is 0 Å². The van der Waals surface area contributed by atoms with Gasteiger partial charge in [0.15, 0.2) is 5.82 Å². The van der Waals surface area contributed by atoms with Crippen molar-refractivity contribution in [2.24, 2.45) is 11.1 Å². The fourth-order valence-electron chi connectivity index (χ4n) is 2.35. The van der Waals surface area contributed by atoms with E-state index in [0.29, 0.717) is 24.7 Å². The molecular formula is C13H22N4O. The molecule has 0 radical (unpaired) electrons. The number of amides is 1. The maximum Gasteiger partial charge on any atom is 0.226 e. The van der Waals surface area contributed by atoms with Crippen LogP contribution in [0.4, 0.5) is 5.82 Å². The summed E-state index contributed by atoms with van der Waals surface area (Å²) in [6.07, 6.45) is 3.82. The van der Waals surface area contributed by atoms with E-state index in [1.807, 2.05) is 6.07 Å². The van der Waals surface area contributed by atoms with E-state index in [0.717, 1.165) is 18.5 Å². The lowest BCUT2D eigenvalue weighted by atomic mass is 9.66. The number of aromatic amines is 1. The lowest BCUT2D eigenvalue weighted by Gasteiger charge is -2.40. The maximum atomic E-state index is 11.9. The molecule has 1 aromatic rings. The summed E-state index contributed by atoms with van der Waals surface area (Å²) in [5.41, 5.74) is 6.83. The third-order valence-electron chi connectivity index (χ3n) is 3.87.